The second-order valence-corrected chi connectivity index (χ2v) is 17.5. The van der Waals surface area contributed by atoms with Crippen LogP contribution in [0.4, 0.5) is 5.82 Å². The second kappa shape index (κ2) is 20.2. The molecule has 4 heterocycles. The molecule has 4 aliphatic rings. The molecule has 0 radical (unpaired) electrons. The number of benzene rings is 2. The van der Waals surface area contributed by atoms with Crippen molar-refractivity contribution in [1.29, 1.82) is 0 Å². The summed E-state index contributed by atoms with van der Waals surface area (Å²) < 4.78 is 5.68. The van der Waals surface area contributed by atoms with E-state index < -0.39 is 29.7 Å². The summed E-state index contributed by atoms with van der Waals surface area (Å²) in [6, 6.07) is 11.1. The van der Waals surface area contributed by atoms with Gasteiger partial charge in [0.25, 0.3) is 17.7 Å². The zero-order valence-electron chi connectivity index (χ0n) is 35.9. The number of amides is 6. The highest BCUT2D eigenvalue weighted by Gasteiger charge is 2.46. The zero-order chi connectivity index (χ0) is 43.9. The number of nitrogens with zero attached hydrogens (tertiary/aromatic N) is 6. The van der Waals surface area contributed by atoms with E-state index in [0.29, 0.717) is 43.0 Å². The molecule has 4 atom stereocenters. The zero-order valence-corrected chi connectivity index (χ0v) is 36.6. The van der Waals surface area contributed by atoms with E-state index in [9.17, 15) is 28.8 Å². The van der Waals surface area contributed by atoms with Gasteiger partial charge in [0.2, 0.25) is 17.7 Å². The number of carbonyl (C=O) groups excluding carboxylic acids is 6. The van der Waals surface area contributed by atoms with Crippen molar-refractivity contribution in [2.45, 2.75) is 95.4 Å². The summed E-state index contributed by atoms with van der Waals surface area (Å²) >= 11 is 6.24. The van der Waals surface area contributed by atoms with Crippen molar-refractivity contribution in [2.75, 3.05) is 64.4 Å². The molecule has 1 aromatic heterocycles. The first kappa shape index (κ1) is 44.6. The number of nitrogens with one attached hydrogen (secondary N) is 2. The Labute approximate surface area is 367 Å². The Bertz CT molecular complexity index is 2160. The number of rotatable bonds is 18. The molecule has 7 rings (SSSR count). The molecule has 0 spiro atoms. The van der Waals surface area contributed by atoms with Crippen LogP contribution in [0.3, 0.4) is 0 Å². The van der Waals surface area contributed by atoms with E-state index in [2.05, 4.69) is 46.3 Å². The lowest BCUT2D eigenvalue weighted by molar-refractivity contribution is -0.136. The average molecular weight is 869 g/mol. The van der Waals surface area contributed by atoms with Crippen molar-refractivity contribution >= 4 is 52.9 Å². The number of fused-ring (bicyclic) bond motifs is 2. The minimum Gasteiger partial charge on any atom is -0.483 e. The van der Waals surface area contributed by atoms with Crippen molar-refractivity contribution < 1.29 is 33.5 Å². The second-order valence-electron chi connectivity index (χ2n) is 17.1. The van der Waals surface area contributed by atoms with Crippen LogP contribution in [0.2, 0.25) is 5.02 Å². The minimum atomic E-state index is -1.09. The third-order valence-electron chi connectivity index (χ3n) is 12.6. The minimum absolute atomic E-state index is 0.00698. The van der Waals surface area contributed by atoms with Crippen molar-refractivity contribution in [2.24, 2.45) is 0 Å². The maximum absolute atomic E-state index is 14.2. The molecule has 1 unspecified atom stereocenters. The predicted octanol–water partition coefficient (Wildman–Crippen LogP) is 5.04. The lowest BCUT2D eigenvalue weighted by atomic mass is 9.96. The first-order valence-electron chi connectivity index (χ1n) is 22.0. The monoisotopic (exact) mass is 868 g/mol. The Morgan fingerprint density at radius 1 is 0.919 bits per heavy atom. The van der Waals surface area contributed by atoms with Gasteiger partial charge in [-0.1, -0.05) is 69.3 Å². The molecule has 1 aliphatic carbocycles. The number of ether oxygens (including phenoxy) is 1. The largest absolute Gasteiger partial charge is 0.483 e. The number of hydrogen-bond donors (Lipinski definition) is 2. The first-order chi connectivity index (χ1) is 29.9. The summed E-state index contributed by atoms with van der Waals surface area (Å²) in [4.78, 5) is 93.9. The molecule has 0 saturated carbocycles. The highest BCUT2D eigenvalue weighted by Crippen LogP contribution is 2.44. The summed E-state index contributed by atoms with van der Waals surface area (Å²) in [5, 5.41) is 5.68. The number of hydrogen-bond acceptors (Lipinski definition) is 11. The highest BCUT2D eigenvalue weighted by molar-refractivity contribution is 6.30. The van der Waals surface area contributed by atoms with Crippen LogP contribution >= 0.6 is 11.6 Å². The SMILES string of the molecule is C[C@@H]1C[C@@H](C)c2c1ncnc2N1CCN(C(=O)[C@H](CN(C)CCCCCCCCNC(=O)COc2cccc3c2C(=O)N(C2CCC(=O)NC2=O)C3=O)c2ccc(Cl)cc2)CC1. The molecule has 3 aliphatic heterocycles. The summed E-state index contributed by atoms with van der Waals surface area (Å²) in [7, 11) is 2.08. The van der Waals surface area contributed by atoms with Crippen LogP contribution < -0.4 is 20.3 Å². The van der Waals surface area contributed by atoms with E-state index in [1.807, 2.05) is 29.2 Å². The molecule has 2 fully saturated rings. The maximum atomic E-state index is 14.2. The molecule has 2 aromatic carbocycles. The van der Waals surface area contributed by atoms with Gasteiger partial charge in [0.15, 0.2) is 6.61 Å². The standard InChI is InChI=1S/C46H57ClN8O7/c1-29-25-30(2)41-39(29)42(50-28-49-41)53-21-23-54(24-22-53)44(59)34(31-13-15-32(47)16-14-31)26-52(3)20-9-7-5-4-6-8-19-48-38(57)27-62-36-12-10-11-33-40(36)46(61)55(45(33)60)35-17-18-37(56)51-43(35)58/h10-16,28-30,34-35H,4-9,17-27H2,1-3H3,(H,48,57)(H,51,56,58)/t29-,30-,34-,35?/m1/s1. The van der Waals surface area contributed by atoms with Gasteiger partial charge >= 0.3 is 0 Å². The van der Waals surface area contributed by atoms with Crippen LogP contribution in [-0.2, 0) is 19.2 Å². The third kappa shape index (κ3) is 10.1. The van der Waals surface area contributed by atoms with Gasteiger partial charge in [-0.15, -0.1) is 0 Å². The lowest BCUT2D eigenvalue weighted by Gasteiger charge is -2.38. The molecular weight excluding hydrogens is 812 g/mol. The maximum Gasteiger partial charge on any atom is 0.266 e. The van der Waals surface area contributed by atoms with Crippen molar-refractivity contribution in [1.82, 2.24) is 35.3 Å². The fourth-order valence-corrected chi connectivity index (χ4v) is 9.43. The van der Waals surface area contributed by atoms with E-state index in [-0.39, 0.29) is 54.1 Å². The predicted molar refractivity (Wildman–Crippen MR) is 233 cm³/mol. The fraction of sp³-hybridized carbons (Fsp3) is 0.522. The highest BCUT2D eigenvalue weighted by atomic mass is 35.5. The molecule has 6 amide bonds. The molecule has 0 bridgehead atoms. The Morgan fingerprint density at radius 2 is 1.65 bits per heavy atom. The Balaban J connectivity index is 0.794. The molecular formula is C46H57ClN8O7. The number of carbonyl (C=O) groups is 6. The molecule has 3 aromatic rings. The molecule has 2 N–H and O–H groups in total. The lowest BCUT2D eigenvalue weighted by Crippen LogP contribution is -2.54. The van der Waals surface area contributed by atoms with E-state index in [1.165, 1.54) is 17.7 Å². The van der Waals surface area contributed by atoms with E-state index in [4.69, 9.17) is 21.3 Å². The van der Waals surface area contributed by atoms with Crippen LogP contribution in [0.25, 0.3) is 0 Å². The molecule has 330 valence electrons. The van der Waals surface area contributed by atoms with Crippen LogP contribution in [0.5, 0.6) is 5.75 Å². The number of imide groups is 2. The van der Waals surface area contributed by atoms with Gasteiger partial charge in [-0.2, -0.15) is 0 Å². The Kier molecular flexibility index (Phi) is 14.5. The van der Waals surface area contributed by atoms with E-state index in [0.717, 1.165) is 86.6 Å². The number of unbranched alkanes of at least 4 members (excludes halogenated alkanes) is 5. The van der Waals surface area contributed by atoms with E-state index >= 15 is 0 Å². The van der Waals surface area contributed by atoms with Gasteiger partial charge in [-0.25, -0.2) is 9.97 Å². The van der Waals surface area contributed by atoms with Gasteiger partial charge in [-0.05, 0) is 80.9 Å². The van der Waals surface area contributed by atoms with Gasteiger partial charge in [0, 0.05) is 56.3 Å². The van der Waals surface area contributed by atoms with Crippen LogP contribution in [0, 0.1) is 0 Å². The van der Waals surface area contributed by atoms with Crippen LogP contribution in [-0.4, -0.2) is 126 Å². The smallest absolute Gasteiger partial charge is 0.266 e. The number of halogens is 1. The molecule has 62 heavy (non-hydrogen) atoms. The number of piperidine rings is 1. The number of likely N-dealkylation sites (N-methyl/N-ethyl adjacent to an activating group) is 1. The fourth-order valence-electron chi connectivity index (χ4n) is 9.30. The summed E-state index contributed by atoms with van der Waals surface area (Å²) in [6.07, 6.45) is 8.76. The summed E-state index contributed by atoms with van der Waals surface area (Å²) in [5.74, 6) is -1.00. The topological polar surface area (TPSA) is 174 Å². The van der Waals surface area contributed by atoms with Crippen molar-refractivity contribution in [3.8, 4) is 5.75 Å². The van der Waals surface area contributed by atoms with Gasteiger partial charge < -0.3 is 24.8 Å². The van der Waals surface area contributed by atoms with Gasteiger partial charge in [-0.3, -0.25) is 39.0 Å². The van der Waals surface area contributed by atoms with Crippen molar-refractivity contribution in [3.05, 3.63) is 81.8 Å². The van der Waals surface area contributed by atoms with Crippen LogP contribution in [0.1, 0.15) is 127 Å². The molecule has 2 saturated heterocycles. The number of anilines is 1. The Morgan fingerprint density at radius 3 is 2.39 bits per heavy atom. The first-order valence-corrected chi connectivity index (χ1v) is 22.4. The van der Waals surface area contributed by atoms with Gasteiger partial charge in [0.05, 0.1) is 22.7 Å². The number of aromatic nitrogens is 2. The van der Waals surface area contributed by atoms with E-state index in [1.54, 1.807) is 12.4 Å². The normalized spacial score (nSPS) is 20.3. The molecule has 15 nitrogen and oxygen atoms in total. The average Bonchev–Trinajstić information content (AvgIpc) is 3.71. The summed E-state index contributed by atoms with van der Waals surface area (Å²) in [5.41, 5.74) is 3.50. The van der Waals surface area contributed by atoms with Gasteiger partial charge in [0.1, 0.15) is 23.9 Å². The number of piperazine rings is 1. The van der Waals surface area contributed by atoms with Crippen molar-refractivity contribution in [3.63, 3.8) is 0 Å². The van der Waals surface area contributed by atoms with Crippen LogP contribution in [0.15, 0.2) is 48.8 Å². The molecule has 16 heteroatoms. The Hall–Kier alpha value is -5.41. The summed E-state index contributed by atoms with van der Waals surface area (Å²) in [6.45, 7) is 8.87. The third-order valence-corrected chi connectivity index (χ3v) is 12.8. The quantitative estimate of drug-likeness (QED) is 0.130.